The van der Waals surface area contributed by atoms with Gasteiger partial charge in [-0.2, -0.15) is 0 Å². The molecule has 0 spiro atoms. The number of rotatable bonds is 4. The van der Waals surface area contributed by atoms with Gasteiger partial charge in [0.15, 0.2) is 0 Å². The van der Waals surface area contributed by atoms with Crippen LogP contribution in [0.1, 0.15) is 72.6 Å². The maximum absolute atomic E-state index is 11.6. The van der Waals surface area contributed by atoms with Crippen molar-refractivity contribution in [3.63, 3.8) is 0 Å². The number of hydrogen-bond acceptors (Lipinski definition) is 3. The summed E-state index contributed by atoms with van der Waals surface area (Å²) in [7, 11) is 0. The van der Waals surface area contributed by atoms with Gasteiger partial charge in [0.1, 0.15) is 0 Å². The minimum absolute atomic E-state index is 0.0301. The summed E-state index contributed by atoms with van der Waals surface area (Å²) in [4.78, 5) is 11.6. The van der Waals surface area contributed by atoms with Crippen LogP contribution in [-0.4, -0.2) is 35.4 Å². The van der Waals surface area contributed by atoms with Crippen molar-refractivity contribution in [1.82, 2.24) is 5.32 Å². The van der Waals surface area contributed by atoms with E-state index in [9.17, 15) is 15.0 Å². The first-order valence-corrected chi connectivity index (χ1v) is 10.4. The summed E-state index contributed by atoms with van der Waals surface area (Å²) >= 11 is 0. The molecule has 0 bridgehead atoms. The molecule has 1 fully saturated rings. The van der Waals surface area contributed by atoms with Crippen LogP contribution >= 0.6 is 0 Å². The van der Waals surface area contributed by atoms with Crippen LogP contribution in [-0.2, 0) is 4.79 Å². The van der Waals surface area contributed by atoms with Crippen molar-refractivity contribution in [1.29, 1.82) is 0 Å². The van der Waals surface area contributed by atoms with Crippen molar-refractivity contribution < 1.29 is 15.0 Å². The number of allylic oxidation sites excluding steroid dienone is 1. The predicted molar refractivity (Wildman–Crippen MR) is 103 cm³/mol. The first kappa shape index (κ1) is 19.9. The molecular formula is C22H37NO3. The largest absolute Gasteiger partial charge is 0.396 e. The quantitative estimate of drug-likeness (QED) is 0.670. The minimum Gasteiger partial charge on any atom is -0.396 e. The summed E-state index contributed by atoms with van der Waals surface area (Å²) in [6.07, 6.45) is 6.85. The van der Waals surface area contributed by atoms with Gasteiger partial charge in [0.2, 0.25) is 5.91 Å². The molecule has 4 heteroatoms. The number of aliphatic hydroxyl groups is 2. The maximum atomic E-state index is 11.6. The first-order chi connectivity index (χ1) is 12.2. The molecule has 148 valence electrons. The Kier molecular flexibility index (Phi) is 5.56. The highest BCUT2D eigenvalue weighted by Crippen LogP contribution is 2.59. The Balaban J connectivity index is 1.93. The Labute approximate surface area is 158 Å². The van der Waals surface area contributed by atoms with Crippen molar-refractivity contribution in [2.45, 2.75) is 78.7 Å². The lowest BCUT2D eigenvalue weighted by Gasteiger charge is -2.52. The van der Waals surface area contributed by atoms with Gasteiger partial charge in [0.25, 0.3) is 0 Å². The minimum atomic E-state index is -0.280. The van der Waals surface area contributed by atoms with E-state index in [-0.39, 0.29) is 35.4 Å². The van der Waals surface area contributed by atoms with Crippen LogP contribution < -0.4 is 5.32 Å². The van der Waals surface area contributed by atoms with E-state index >= 15 is 0 Å². The van der Waals surface area contributed by atoms with E-state index in [0.29, 0.717) is 24.8 Å². The van der Waals surface area contributed by atoms with Gasteiger partial charge in [-0.3, -0.25) is 4.79 Å². The van der Waals surface area contributed by atoms with Gasteiger partial charge in [-0.25, -0.2) is 0 Å². The number of nitrogens with one attached hydrogen (secondary N) is 1. The lowest BCUT2D eigenvalue weighted by molar-refractivity contribution is -0.119. The summed E-state index contributed by atoms with van der Waals surface area (Å²) in [5.74, 6) is 1.02. The normalized spacial score (nSPS) is 39.6. The van der Waals surface area contributed by atoms with Gasteiger partial charge in [0.05, 0.1) is 6.10 Å². The predicted octanol–water partition coefficient (Wildman–Crippen LogP) is 3.42. The Hall–Kier alpha value is -0.870. The summed E-state index contributed by atoms with van der Waals surface area (Å²) in [5, 5.41) is 23.3. The van der Waals surface area contributed by atoms with Crippen LogP contribution in [0.15, 0.2) is 11.1 Å². The fraction of sp³-hybridized carbons (Fsp3) is 0.864. The molecule has 3 aliphatic rings. The van der Waals surface area contributed by atoms with E-state index in [1.54, 1.807) is 18.1 Å². The third-order valence-electron chi connectivity index (χ3n) is 8.01. The van der Waals surface area contributed by atoms with Crippen LogP contribution in [0.4, 0.5) is 0 Å². The molecule has 0 aromatic rings. The van der Waals surface area contributed by atoms with E-state index in [1.807, 2.05) is 0 Å². The second-order valence-electron chi connectivity index (χ2n) is 9.89. The Morgan fingerprint density at radius 3 is 2.58 bits per heavy atom. The van der Waals surface area contributed by atoms with Crippen molar-refractivity contribution in [2.24, 2.45) is 28.6 Å². The van der Waals surface area contributed by atoms with E-state index in [0.717, 1.165) is 32.1 Å². The molecule has 1 amide bonds. The molecule has 1 saturated carbocycles. The van der Waals surface area contributed by atoms with Crippen molar-refractivity contribution in [2.75, 3.05) is 13.2 Å². The summed E-state index contributed by atoms with van der Waals surface area (Å²) < 4.78 is 0. The van der Waals surface area contributed by atoms with Crippen LogP contribution in [0.25, 0.3) is 0 Å². The molecule has 0 unspecified atom stereocenters. The average molecular weight is 364 g/mol. The van der Waals surface area contributed by atoms with Crippen LogP contribution in [0, 0.1) is 28.6 Å². The SMILES string of the molecule is CC(=O)NC[C@H]1C2=C(CC[C@@H]1[C@]1(C)CC[C@H](O)C[C@@H]1CO)C(C)(C)CC2. The molecule has 0 heterocycles. The number of carbonyl (C=O) groups is 1. The Morgan fingerprint density at radius 2 is 1.92 bits per heavy atom. The topological polar surface area (TPSA) is 69.6 Å². The van der Waals surface area contributed by atoms with E-state index in [4.69, 9.17) is 0 Å². The third-order valence-corrected chi connectivity index (χ3v) is 8.01. The van der Waals surface area contributed by atoms with Gasteiger partial charge in [-0.1, -0.05) is 31.9 Å². The average Bonchev–Trinajstić information content (AvgIpc) is 2.90. The molecule has 0 radical (unpaired) electrons. The zero-order valence-electron chi connectivity index (χ0n) is 17.0. The van der Waals surface area contributed by atoms with E-state index < -0.39 is 0 Å². The monoisotopic (exact) mass is 363 g/mol. The molecule has 5 atom stereocenters. The van der Waals surface area contributed by atoms with Gasteiger partial charge < -0.3 is 15.5 Å². The molecule has 3 N–H and O–H groups in total. The number of aliphatic hydroxyl groups excluding tert-OH is 2. The van der Waals surface area contributed by atoms with Gasteiger partial charge in [-0.05, 0) is 67.6 Å². The molecule has 0 aromatic heterocycles. The van der Waals surface area contributed by atoms with E-state index in [1.165, 1.54) is 6.42 Å². The highest BCUT2D eigenvalue weighted by molar-refractivity contribution is 5.72. The molecule has 4 nitrogen and oxygen atoms in total. The standard InChI is InChI=1S/C22H37NO3/c1-14(25)23-12-18-17-8-9-21(2,3)19(17)5-6-20(18)22(4)10-7-16(26)11-15(22)13-24/h15-16,18,20,24,26H,5-13H2,1-4H3,(H,23,25)/t15-,16+,18+,20+,22-/m1/s1. The first-order valence-electron chi connectivity index (χ1n) is 10.4. The van der Waals surface area contributed by atoms with Crippen LogP contribution in [0.3, 0.4) is 0 Å². The molecule has 0 aliphatic heterocycles. The molecule has 0 aromatic carbocycles. The summed E-state index contributed by atoms with van der Waals surface area (Å²) in [6.45, 7) is 9.51. The number of carbonyl (C=O) groups excluding carboxylic acids is 1. The molecule has 3 aliphatic carbocycles. The van der Waals surface area contributed by atoms with Crippen molar-refractivity contribution in [3.05, 3.63) is 11.1 Å². The number of amides is 1. The van der Waals surface area contributed by atoms with Crippen molar-refractivity contribution in [3.8, 4) is 0 Å². The van der Waals surface area contributed by atoms with Crippen LogP contribution in [0.5, 0.6) is 0 Å². The van der Waals surface area contributed by atoms with Gasteiger partial charge in [-0.15, -0.1) is 0 Å². The summed E-state index contributed by atoms with van der Waals surface area (Å²) in [6, 6.07) is 0. The third kappa shape index (κ3) is 3.47. The lowest BCUT2D eigenvalue weighted by atomic mass is 9.53. The molecule has 3 rings (SSSR count). The fourth-order valence-corrected chi connectivity index (χ4v) is 6.31. The Morgan fingerprint density at radius 1 is 1.19 bits per heavy atom. The zero-order chi connectivity index (χ0) is 19.1. The van der Waals surface area contributed by atoms with Crippen LogP contribution in [0.2, 0.25) is 0 Å². The summed E-state index contributed by atoms with van der Waals surface area (Å²) in [5.41, 5.74) is 3.53. The lowest BCUT2D eigenvalue weighted by Crippen LogP contribution is -2.49. The molecular weight excluding hydrogens is 326 g/mol. The Bertz CT molecular complexity index is 582. The molecule has 0 saturated heterocycles. The second-order valence-corrected chi connectivity index (χ2v) is 9.89. The van der Waals surface area contributed by atoms with E-state index in [2.05, 4.69) is 26.1 Å². The molecule has 26 heavy (non-hydrogen) atoms. The zero-order valence-corrected chi connectivity index (χ0v) is 17.0. The van der Waals surface area contributed by atoms with Crippen molar-refractivity contribution >= 4 is 5.91 Å². The smallest absolute Gasteiger partial charge is 0.216 e. The van der Waals surface area contributed by atoms with Gasteiger partial charge in [0, 0.05) is 26.0 Å². The highest BCUT2D eigenvalue weighted by atomic mass is 16.3. The fourth-order valence-electron chi connectivity index (χ4n) is 6.31. The van der Waals surface area contributed by atoms with Gasteiger partial charge >= 0.3 is 0 Å². The maximum Gasteiger partial charge on any atom is 0.216 e. The number of hydrogen-bond donors (Lipinski definition) is 3. The highest BCUT2D eigenvalue weighted by Gasteiger charge is 2.51. The second kappa shape index (κ2) is 7.27.